The maximum atomic E-state index is 11.9. The molecule has 100 valence electrons. The third-order valence-corrected chi connectivity index (χ3v) is 5.61. The lowest BCUT2D eigenvalue weighted by Crippen LogP contribution is -2.48. The summed E-state index contributed by atoms with van der Waals surface area (Å²) in [6.45, 7) is 0. The van der Waals surface area contributed by atoms with Gasteiger partial charge >= 0.3 is 0 Å². The molecule has 0 aromatic rings. The molecule has 0 N–H and O–H groups in total. The van der Waals surface area contributed by atoms with Crippen LogP contribution in [-0.2, 0) is 9.59 Å². The lowest BCUT2D eigenvalue weighted by Gasteiger charge is -2.48. The van der Waals surface area contributed by atoms with Crippen LogP contribution in [0.5, 0.6) is 0 Å². The summed E-state index contributed by atoms with van der Waals surface area (Å²) in [5, 5.41) is 0. The zero-order valence-electron chi connectivity index (χ0n) is 11.3. The summed E-state index contributed by atoms with van der Waals surface area (Å²) in [5.41, 5.74) is 0.0270. The second-order valence-corrected chi connectivity index (χ2v) is 6.75. The minimum absolute atomic E-state index is 0.0270. The van der Waals surface area contributed by atoms with Gasteiger partial charge in [-0.2, -0.15) is 0 Å². The van der Waals surface area contributed by atoms with E-state index in [9.17, 15) is 9.59 Å². The van der Waals surface area contributed by atoms with Crippen LogP contribution >= 0.6 is 0 Å². The fourth-order valence-electron chi connectivity index (χ4n) is 4.48. The third kappa shape index (κ3) is 1.98. The van der Waals surface area contributed by atoms with Gasteiger partial charge in [0.05, 0.1) is 0 Å². The summed E-state index contributed by atoms with van der Waals surface area (Å²) >= 11 is 0. The number of nitrogens with zero attached hydrogens (tertiary/aromatic N) is 1. The molecule has 2 saturated carbocycles. The molecule has 2 aliphatic carbocycles. The summed E-state index contributed by atoms with van der Waals surface area (Å²) in [6.07, 6.45) is 10.1. The highest BCUT2D eigenvalue weighted by Crippen LogP contribution is 2.52. The van der Waals surface area contributed by atoms with Crippen LogP contribution < -0.4 is 0 Å². The number of carbonyl (C=O) groups excluding carboxylic acids is 2. The molecule has 2 amide bonds. The van der Waals surface area contributed by atoms with Gasteiger partial charge in [-0.1, -0.05) is 25.7 Å². The molecule has 3 nitrogen and oxygen atoms in total. The molecule has 3 heteroatoms. The Bertz CT molecular complexity index is 359. The number of carbonyl (C=O) groups is 2. The largest absolute Gasteiger partial charge is 0.286 e. The van der Waals surface area contributed by atoms with Gasteiger partial charge < -0.3 is 0 Å². The lowest BCUT2D eigenvalue weighted by molar-refractivity contribution is -0.154. The van der Waals surface area contributed by atoms with Crippen LogP contribution in [0.1, 0.15) is 57.8 Å². The van der Waals surface area contributed by atoms with Crippen LogP contribution in [0.4, 0.5) is 0 Å². The maximum absolute atomic E-state index is 11.9. The molecule has 1 saturated heterocycles. The van der Waals surface area contributed by atoms with Crippen LogP contribution in [0.3, 0.4) is 0 Å². The standard InChI is InChI=1S/C15H23NO2/c1-16-13(17)9-15(10-14(16)18)7-6-11-4-2-3-5-12(11)8-15/h11-12H,2-10H2,1H3/t11-,12-/m0/s1. The van der Waals surface area contributed by atoms with Gasteiger partial charge in [0.15, 0.2) is 0 Å². The molecule has 2 atom stereocenters. The van der Waals surface area contributed by atoms with E-state index in [2.05, 4.69) is 0 Å². The quantitative estimate of drug-likeness (QED) is 0.619. The molecule has 1 heterocycles. The molecule has 0 radical (unpaired) electrons. The number of hydrogen-bond acceptors (Lipinski definition) is 2. The van der Waals surface area contributed by atoms with Gasteiger partial charge in [0.2, 0.25) is 11.8 Å². The summed E-state index contributed by atoms with van der Waals surface area (Å²) < 4.78 is 0. The van der Waals surface area contributed by atoms with Gasteiger partial charge in [0.1, 0.15) is 0 Å². The third-order valence-electron chi connectivity index (χ3n) is 5.61. The number of fused-ring (bicyclic) bond motifs is 1. The topological polar surface area (TPSA) is 37.4 Å². The SMILES string of the molecule is CN1C(=O)CC2(CC[C@@H]3CCCC[C@H]3C2)CC1=O. The van der Waals surface area contributed by atoms with Crippen molar-refractivity contribution in [2.45, 2.75) is 57.8 Å². The Morgan fingerprint density at radius 1 is 1.00 bits per heavy atom. The summed E-state index contributed by atoms with van der Waals surface area (Å²) in [5.74, 6) is 1.76. The molecular formula is C15H23NO2. The van der Waals surface area contributed by atoms with E-state index in [0.29, 0.717) is 12.8 Å². The number of amides is 2. The van der Waals surface area contributed by atoms with Crippen LogP contribution in [0.2, 0.25) is 0 Å². The van der Waals surface area contributed by atoms with Crippen molar-refractivity contribution in [3.8, 4) is 0 Å². The van der Waals surface area contributed by atoms with Crippen molar-refractivity contribution in [1.29, 1.82) is 0 Å². The fraction of sp³-hybridized carbons (Fsp3) is 0.867. The van der Waals surface area contributed by atoms with E-state index in [1.165, 1.54) is 37.0 Å². The Balaban J connectivity index is 1.76. The first-order chi connectivity index (χ1) is 8.60. The lowest BCUT2D eigenvalue weighted by atomic mass is 9.58. The van der Waals surface area contributed by atoms with Crippen molar-refractivity contribution in [3.05, 3.63) is 0 Å². The number of imide groups is 1. The monoisotopic (exact) mass is 249 g/mol. The smallest absolute Gasteiger partial charge is 0.229 e. The van der Waals surface area contributed by atoms with Crippen molar-refractivity contribution in [2.75, 3.05) is 7.05 Å². The highest BCUT2D eigenvalue weighted by Gasteiger charge is 2.47. The fourth-order valence-corrected chi connectivity index (χ4v) is 4.48. The van der Waals surface area contributed by atoms with Crippen molar-refractivity contribution in [1.82, 2.24) is 4.90 Å². The molecule has 0 unspecified atom stereocenters. The van der Waals surface area contributed by atoms with Crippen LogP contribution in [0, 0.1) is 17.3 Å². The highest BCUT2D eigenvalue weighted by molar-refractivity contribution is 5.98. The number of likely N-dealkylation sites (tertiary alicyclic amines) is 1. The predicted molar refractivity (Wildman–Crippen MR) is 68.7 cm³/mol. The Hall–Kier alpha value is -0.860. The van der Waals surface area contributed by atoms with E-state index >= 15 is 0 Å². The number of hydrogen-bond donors (Lipinski definition) is 0. The highest BCUT2D eigenvalue weighted by atomic mass is 16.2. The average molecular weight is 249 g/mol. The molecule has 0 bridgehead atoms. The Morgan fingerprint density at radius 3 is 2.28 bits per heavy atom. The molecule has 1 aliphatic heterocycles. The molecule has 3 fully saturated rings. The Morgan fingerprint density at radius 2 is 1.61 bits per heavy atom. The van der Waals surface area contributed by atoms with Gasteiger partial charge in [-0.05, 0) is 36.5 Å². The molecule has 0 aromatic heterocycles. The first-order valence-corrected chi connectivity index (χ1v) is 7.39. The van der Waals surface area contributed by atoms with Crippen LogP contribution in [0.25, 0.3) is 0 Å². The summed E-state index contributed by atoms with van der Waals surface area (Å²) in [7, 11) is 1.63. The molecule has 1 spiro atoms. The number of piperidine rings is 1. The van der Waals surface area contributed by atoms with Gasteiger partial charge in [0, 0.05) is 19.9 Å². The first kappa shape index (κ1) is 12.2. The Labute approximate surface area is 109 Å². The van der Waals surface area contributed by atoms with E-state index in [4.69, 9.17) is 0 Å². The van der Waals surface area contributed by atoms with Crippen LogP contribution in [-0.4, -0.2) is 23.8 Å². The van der Waals surface area contributed by atoms with Crippen molar-refractivity contribution >= 4 is 11.8 Å². The number of rotatable bonds is 0. The van der Waals surface area contributed by atoms with E-state index < -0.39 is 0 Å². The Kier molecular flexibility index (Phi) is 2.95. The van der Waals surface area contributed by atoms with Crippen molar-refractivity contribution in [3.63, 3.8) is 0 Å². The first-order valence-electron chi connectivity index (χ1n) is 7.39. The second kappa shape index (κ2) is 4.36. The molecule has 0 aromatic carbocycles. The second-order valence-electron chi connectivity index (χ2n) is 6.75. The van der Waals surface area contributed by atoms with Gasteiger partial charge in [-0.15, -0.1) is 0 Å². The molecular weight excluding hydrogens is 226 g/mol. The summed E-state index contributed by atoms with van der Waals surface area (Å²) in [4.78, 5) is 25.2. The van der Waals surface area contributed by atoms with E-state index in [1.807, 2.05) is 0 Å². The van der Waals surface area contributed by atoms with Gasteiger partial charge in [-0.3, -0.25) is 14.5 Å². The summed E-state index contributed by atoms with van der Waals surface area (Å²) in [6, 6.07) is 0. The minimum atomic E-state index is 0.0270. The normalized spacial score (nSPS) is 35.7. The van der Waals surface area contributed by atoms with E-state index in [1.54, 1.807) is 7.05 Å². The molecule has 3 rings (SSSR count). The van der Waals surface area contributed by atoms with Crippen molar-refractivity contribution < 1.29 is 9.59 Å². The molecule has 18 heavy (non-hydrogen) atoms. The average Bonchev–Trinajstić information content (AvgIpc) is 2.36. The van der Waals surface area contributed by atoms with E-state index in [-0.39, 0.29) is 17.2 Å². The van der Waals surface area contributed by atoms with E-state index in [0.717, 1.165) is 24.7 Å². The van der Waals surface area contributed by atoms with Crippen molar-refractivity contribution in [2.24, 2.45) is 17.3 Å². The zero-order valence-corrected chi connectivity index (χ0v) is 11.3. The van der Waals surface area contributed by atoms with Crippen LogP contribution in [0.15, 0.2) is 0 Å². The van der Waals surface area contributed by atoms with Gasteiger partial charge in [-0.25, -0.2) is 0 Å². The molecule has 3 aliphatic rings. The maximum Gasteiger partial charge on any atom is 0.229 e. The predicted octanol–water partition coefficient (Wildman–Crippen LogP) is 2.74. The zero-order chi connectivity index (χ0) is 12.8. The van der Waals surface area contributed by atoms with Gasteiger partial charge in [0.25, 0.3) is 0 Å². The minimum Gasteiger partial charge on any atom is -0.286 e.